The molecule has 0 atom stereocenters. The van der Waals surface area contributed by atoms with Gasteiger partial charge in [-0.1, -0.05) is 18.2 Å². The molecule has 1 aromatic carbocycles. The average molecular weight is 245 g/mol. The van der Waals surface area contributed by atoms with Crippen LogP contribution in [0.2, 0.25) is 0 Å². The van der Waals surface area contributed by atoms with Crippen molar-refractivity contribution in [3.05, 3.63) is 42.5 Å². The van der Waals surface area contributed by atoms with Gasteiger partial charge >= 0.3 is 0 Å². The number of benzene rings is 1. The van der Waals surface area contributed by atoms with Crippen LogP contribution in [0, 0.1) is 0 Å². The molecule has 0 aliphatic rings. The zero-order valence-electron chi connectivity index (χ0n) is 9.89. The van der Waals surface area contributed by atoms with Gasteiger partial charge in [0.15, 0.2) is 0 Å². The van der Waals surface area contributed by atoms with Gasteiger partial charge in [-0.05, 0) is 12.1 Å². The fourth-order valence-electron chi connectivity index (χ4n) is 1.47. The summed E-state index contributed by atoms with van der Waals surface area (Å²) in [6, 6.07) is 9.61. The van der Waals surface area contributed by atoms with E-state index in [0.29, 0.717) is 13.0 Å². The number of aromatic amines is 1. The first-order chi connectivity index (χ1) is 8.84. The summed E-state index contributed by atoms with van der Waals surface area (Å²) in [4.78, 5) is 15.5. The van der Waals surface area contributed by atoms with Crippen LogP contribution in [0.1, 0.15) is 5.82 Å². The lowest BCUT2D eigenvalue weighted by atomic mass is 10.3. The fourth-order valence-corrected chi connectivity index (χ4v) is 1.47. The lowest BCUT2D eigenvalue weighted by Gasteiger charge is -2.06. The van der Waals surface area contributed by atoms with Gasteiger partial charge in [0.1, 0.15) is 12.2 Å². The first-order valence-electron chi connectivity index (χ1n) is 5.74. The maximum atomic E-state index is 11.5. The van der Waals surface area contributed by atoms with E-state index in [9.17, 15) is 4.79 Å². The van der Waals surface area contributed by atoms with Gasteiger partial charge in [0.05, 0.1) is 6.54 Å². The molecular formula is C12H15N5O. The number of anilines is 1. The first kappa shape index (κ1) is 12.1. The van der Waals surface area contributed by atoms with Crippen molar-refractivity contribution >= 4 is 11.6 Å². The first-order valence-corrected chi connectivity index (χ1v) is 5.74. The van der Waals surface area contributed by atoms with E-state index in [1.54, 1.807) is 0 Å². The van der Waals surface area contributed by atoms with Gasteiger partial charge in [-0.25, -0.2) is 4.98 Å². The number of nitrogens with zero attached hydrogens (tertiary/aromatic N) is 2. The van der Waals surface area contributed by atoms with E-state index in [1.807, 2.05) is 30.3 Å². The number of rotatable bonds is 6. The predicted molar refractivity (Wildman–Crippen MR) is 68.0 cm³/mol. The van der Waals surface area contributed by atoms with E-state index in [2.05, 4.69) is 25.8 Å². The standard InChI is InChI=1S/C12H15N5O/c18-12(8-14-10-4-2-1-3-5-10)13-7-6-11-15-9-16-17-11/h1-5,9,14H,6-8H2,(H,13,18)(H,15,16,17). The highest BCUT2D eigenvalue weighted by Crippen LogP contribution is 2.03. The molecule has 2 rings (SSSR count). The van der Waals surface area contributed by atoms with Gasteiger partial charge in [-0.2, -0.15) is 5.10 Å². The maximum absolute atomic E-state index is 11.5. The molecular weight excluding hydrogens is 230 g/mol. The molecule has 1 aromatic heterocycles. The lowest BCUT2D eigenvalue weighted by Crippen LogP contribution is -2.31. The Bertz CT molecular complexity index is 468. The lowest BCUT2D eigenvalue weighted by molar-refractivity contribution is -0.119. The molecule has 2 aromatic rings. The summed E-state index contributed by atoms with van der Waals surface area (Å²) in [6.07, 6.45) is 2.10. The quantitative estimate of drug-likeness (QED) is 0.695. The average Bonchev–Trinajstić information content (AvgIpc) is 2.91. The molecule has 0 unspecified atom stereocenters. The van der Waals surface area contributed by atoms with Crippen LogP contribution in [0.4, 0.5) is 5.69 Å². The van der Waals surface area contributed by atoms with Crippen molar-refractivity contribution in [2.24, 2.45) is 0 Å². The second kappa shape index (κ2) is 6.39. The summed E-state index contributed by atoms with van der Waals surface area (Å²) in [6.45, 7) is 0.810. The van der Waals surface area contributed by atoms with Gasteiger partial charge in [0, 0.05) is 18.7 Å². The number of hydrogen-bond acceptors (Lipinski definition) is 4. The molecule has 0 aliphatic heterocycles. The van der Waals surface area contributed by atoms with Crippen molar-refractivity contribution in [1.29, 1.82) is 0 Å². The predicted octanol–water partition coefficient (Wildman–Crippen LogP) is 0.575. The highest BCUT2D eigenvalue weighted by molar-refractivity contribution is 5.80. The van der Waals surface area contributed by atoms with Crippen molar-refractivity contribution in [2.45, 2.75) is 6.42 Å². The van der Waals surface area contributed by atoms with Crippen molar-refractivity contribution in [1.82, 2.24) is 20.5 Å². The highest BCUT2D eigenvalue weighted by atomic mass is 16.1. The Hall–Kier alpha value is -2.37. The molecule has 0 fully saturated rings. The van der Waals surface area contributed by atoms with Crippen molar-refractivity contribution in [3.8, 4) is 0 Å². The molecule has 0 bridgehead atoms. The second-order valence-corrected chi connectivity index (χ2v) is 3.75. The molecule has 0 saturated heterocycles. The molecule has 1 heterocycles. The monoisotopic (exact) mass is 245 g/mol. The fraction of sp³-hybridized carbons (Fsp3) is 0.250. The van der Waals surface area contributed by atoms with Crippen LogP contribution in [-0.2, 0) is 11.2 Å². The zero-order chi connectivity index (χ0) is 12.6. The molecule has 1 amide bonds. The van der Waals surface area contributed by atoms with Crippen LogP contribution >= 0.6 is 0 Å². The molecule has 6 nitrogen and oxygen atoms in total. The summed E-state index contributed by atoms with van der Waals surface area (Å²) in [5.41, 5.74) is 0.933. The zero-order valence-corrected chi connectivity index (χ0v) is 9.89. The van der Waals surface area contributed by atoms with Crippen LogP contribution in [0.25, 0.3) is 0 Å². The normalized spacial score (nSPS) is 10.0. The number of carbonyl (C=O) groups excluding carboxylic acids is 1. The van der Waals surface area contributed by atoms with E-state index in [-0.39, 0.29) is 12.5 Å². The van der Waals surface area contributed by atoms with Crippen LogP contribution in [-0.4, -0.2) is 34.2 Å². The number of H-pyrrole nitrogens is 1. The van der Waals surface area contributed by atoms with E-state index in [1.165, 1.54) is 6.33 Å². The molecule has 3 N–H and O–H groups in total. The van der Waals surface area contributed by atoms with Gasteiger partial charge in [-0.15, -0.1) is 0 Å². The van der Waals surface area contributed by atoms with Crippen molar-refractivity contribution in [2.75, 3.05) is 18.4 Å². The van der Waals surface area contributed by atoms with E-state index in [4.69, 9.17) is 0 Å². The smallest absolute Gasteiger partial charge is 0.239 e. The van der Waals surface area contributed by atoms with Crippen molar-refractivity contribution < 1.29 is 4.79 Å². The summed E-state index contributed by atoms with van der Waals surface area (Å²) in [5.74, 6) is 0.727. The number of carbonyl (C=O) groups is 1. The van der Waals surface area contributed by atoms with Crippen LogP contribution in [0.5, 0.6) is 0 Å². The number of nitrogens with one attached hydrogen (secondary N) is 3. The summed E-state index contributed by atoms with van der Waals surface area (Å²) in [7, 11) is 0. The number of para-hydroxylation sites is 1. The molecule has 0 radical (unpaired) electrons. The van der Waals surface area contributed by atoms with Crippen LogP contribution in [0.15, 0.2) is 36.7 Å². The summed E-state index contributed by atoms with van der Waals surface area (Å²) in [5, 5.41) is 12.3. The van der Waals surface area contributed by atoms with Crippen LogP contribution < -0.4 is 10.6 Å². The van der Waals surface area contributed by atoms with Crippen LogP contribution in [0.3, 0.4) is 0 Å². The molecule has 94 valence electrons. The van der Waals surface area contributed by atoms with Gasteiger partial charge in [0.2, 0.25) is 5.91 Å². The Morgan fingerprint density at radius 3 is 2.83 bits per heavy atom. The maximum Gasteiger partial charge on any atom is 0.239 e. The third-order valence-corrected chi connectivity index (χ3v) is 2.38. The second-order valence-electron chi connectivity index (χ2n) is 3.75. The van der Waals surface area contributed by atoms with Gasteiger partial charge < -0.3 is 10.6 Å². The largest absolute Gasteiger partial charge is 0.376 e. The Kier molecular flexibility index (Phi) is 4.29. The number of aromatic nitrogens is 3. The van der Waals surface area contributed by atoms with E-state index >= 15 is 0 Å². The number of amides is 1. The molecule has 0 spiro atoms. The minimum absolute atomic E-state index is 0.0432. The van der Waals surface area contributed by atoms with E-state index < -0.39 is 0 Å². The van der Waals surface area contributed by atoms with Gasteiger partial charge in [-0.3, -0.25) is 9.89 Å². The minimum Gasteiger partial charge on any atom is -0.376 e. The molecule has 18 heavy (non-hydrogen) atoms. The molecule has 0 aliphatic carbocycles. The minimum atomic E-state index is -0.0432. The SMILES string of the molecule is O=C(CNc1ccccc1)NCCc1ncn[nH]1. The number of hydrogen-bond donors (Lipinski definition) is 3. The Morgan fingerprint density at radius 1 is 1.28 bits per heavy atom. The van der Waals surface area contributed by atoms with Gasteiger partial charge in [0.25, 0.3) is 0 Å². The Morgan fingerprint density at radius 2 is 2.11 bits per heavy atom. The van der Waals surface area contributed by atoms with Crippen molar-refractivity contribution in [3.63, 3.8) is 0 Å². The third kappa shape index (κ3) is 3.89. The third-order valence-electron chi connectivity index (χ3n) is 2.38. The molecule has 0 saturated carbocycles. The Balaban J connectivity index is 1.63. The topological polar surface area (TPSA) is 82.7 Å². The summed E-state index contributed by atoms with van der Waals surface area (Å²) >= 11 is 0. The highest BCUT2D eigenvalue weighted by Gasteiger charge is 2.01. The summed E-state index contributed by atoms with van der Waals surface area (Å²) < 4.78 is 0. The molecule has 6 heteroatoms. The van der Waals surface area contributed by atoms with E-state index in [0.717, 1.165) is 11.5 Å². The Labute approximate surface area is 105 Å².